The van der Waals surface area contributed by atoms with Crippen molar-refractivity contribution in [1.82, 2.24) is 4.90 Å². The molecule has 4 nitrogen and oxygen atoms in total. The van der Waals surface area contributed by atoms with Gasteiger partial charge in [0.05, 0.1) is 12.9 Å². The maximum Gasteiger partial charge on any atom is 0.195 e. The van der Waals surface area contributed by atoms with Gasteiger partial charge in [0.1, 0.15) is 12.4 Å². The Morgan fingerprint density at radius 2 is 1.79 bits per heavy atom. The summed E-state index contributed by atoms with van der Waals surface area (Å²) in [4.78, 5) is 17.2. The second-order valence-electron chi connectivity index (χ2n) is 8.58. The minimum atomic E-state index is 0.0634. The molecule has 1 aliphatic carbocycles. The summed E-state index contributed by atoms with van der Waals surface area (Å²) in [5, 5.41) is 1.02. The molecule has 2 heterocycles. The standard InChI is InChI=1S/C28H29NO3S/c1-31-22-12-10-21(11-13-22)28-26(24-6-2-3-7-25(24)33-28)27(30)20-8-14-23(15-9-20)32-19-18-29-16-4-5-17-29/h2-3,6-10,12,14-15H,4-5,11,13,16-19H2,1H3. The number of ketones is 1. The topological polar surface area (TPSA) is 38.8 Å². The number of likely N-dealkylation sites (tertiary alicyclic amines) is 1. The summed E-state index contributed by atoms with van der Waals surface area (Å²) < 4.78 is 12.5. The fourth-order valence-corrected chi connectivity index (χ4v) is 5.87. The maximum absolute atomic E-state index is 13.7. The summed E-state index contributed by atoms with van der Waals surface area (Å²) in [5.74, 6) is 1.86. The van der Waals surface area contributed by atoms with Gasteiger partial charge in [0.15, 0.2) is 5.78 Å². The van der Waals surface area contributed by atoms with Crippen LogP contribution in [0.3, 0.4) is 0 Å². The van der Waals surface area contributed by atoms with Gasteiger partial charge in [-0.05, 0) is 74.3 Å². The van der Waals surface area contributed by atoms with E-state index in [9.17, 15) is 4.79 Å². The molecule has 0 radical (unpaired) electrons. The number of thiophene rings is 1. The Morgan fingerprint density at radius 3 is 2.52 bits per heavy atom. The van der Waals surface area contributed by atoms with Crippen molar-refractivity contribution in [2.24, 2.45) is 0 Å². The Balaban J connectivity index is 1.39. The fourth-order valence-electron chi connectivity index (χ4n) is 4.62. The van der Waals surface area contributed by atoms with E-state index in [1.165, 1.54) is 31.5 Å². The molecule has 0 atom stereocenters. The number of ether oxygens (including phenoxy) is 2. The van der Waals surface area contributed by atoms with Crippen LogP contribution in [-0.2, 0) is 4.74 Å². The van der Waals surface area contributed by atoms with E-state index in [1.807, 2.05) is 42.5 Å². The van der Waals surface area contributed by atoms with E-state index >= 15 is 0 Å². The Bertz CT molecular complexity index is 1200. The van der Waals surface area contributed by atoms with E-state index in [0.29, 0.717) is 12.2 Å². The Morgan fingerprint density at radius 1 is 1.00 bits per heavy atom. The molecule has 0 unspecified atom stereocenters. The van der Waals surface area contributed by atoms with Gasteiger partial charge in [-0.1, -0.05) is 24.3 Å². The van der Waals surface area contributed by atoms with Gasteiger partial charge in [-0.25, -0.2) is 0 Å². The third kappa shape index (κ3) is 4.75. The molecule has 1 fully saturated rings. The number of carbonyl (C=O) groups excluding carboxylic acids is 1. The molecule has 5 heteroatoms. The molecule has 0 N–H and O–H groups in total. The van der Waals surface area contributed by atoms with Crippen LogP contribution in [0.25, 0.3) is 15.7 Å². The highest BCUT2D eigenvalue weighted by Crippen LogP contribution is 2.40. The average Bonchev–Trinajstić information content (AvgIpc) is 3.52. The number of fused-ring (bicyclic) bond motifs is 1. The lowest BCUT2D eigenvalue weighted by atomic mass is 9.94. The van der Waals surface area contributed by atoms with Crippen LogP contribution in [0.2, 0.25) is 0 Å². The van der Waals surface area contributed by atoms with Gasteiger partial charge in [0, 0.05) is 39.1 Å². The molecule has 1 aromatic heterocycles. The minimum absolute atomic E-state index is 0.0634. The van der Waals surface area contributed by atoms with E-state index < -0.39 is 0 Å². The Hall–Kier alpha value is -2.89. The van der Waals surface area contributed by atoms with Crippen molar-refractivity contribution in [2.75, 3.05) is 33.4 Å². The van der Waals surface area contributed by atoms with E-state index in [0.717, 1.165) is 51.4 Å². The molecule has 1 saturated heterocycles. The summed E-state index contributed by atoms with van der Waals surface area (Å²) in [7, 11) is 1.71. The SMILES string of the molecule is COC1=CC=C(c2sc3ccccc3c2C(=O)c2ccc(OCCN3CCCC3)cc2)CC1. The van der Waals surface area contributed by atoms with Gasteiger partial charge in [0.25, 0.3) is 0 Å². The van der Waals surface area contributed by atoms with Crippen molar-refractivity contribution in [3.05, 3.63) is 82.4 Å². The van der Waals surface area contributed by atoms with Crippen LogP contribution < -0.4 is 4.74 Å². The van der Waals surface area contributed by atoms with Crippen LogP contribution in [0.4, 0.5) is 0 Å². The van der Waals surface area contributed by atoms with E-state index in [-0.39, 0.29) is 5.78 Å². The van der Waals surface area contributed by atoms with Crippen molar-refractivity contribution >= 4 is 32.8 Å². The third-order valence-electron chi connectivity index (χ3n) is 6.48. The Kier molecular flexibility index (Phi) is 6.60. The molecule has 33 heavy (non-hydrogen) atoms. The zero-order chi connectivity index (χ0) is 22.6. The average molecular weight is 460 g/mol. The number of hydrogen-bond acceptors (Lipinski definition) is 5. The highest BCUT2D eigenvalue weighted by molar-refractivity contribution is 7.20. The molecule has 1 aliphatic heterocycles. The molecule has 2 aliphatic rings. The van der Waals surface area contributed by atoms with Gasteiger partial charge >= 0.3 is 0 Å². The van der Waals surface area contributed by atoms with Crippen molar-refractivity contribution in [3.8, 4) is 5.75 Å². The zero-order valence-corrected chi connectivity index (χ0v) is 19.8. The van der Waals surface area contributed by atoms with Crippen LogP contribution in [-0.4, -0.2) is 44.0 Å². The molecule has 0 saturated carbocycles. The first-order valence-corrected chi connectivity index (χ1v) is 12.5. The molecule has 0 amide bonds. The lowest BCUT2D eigenvalue weighted by Crippen LogP contribution is -2.25. The number of rotatable bonds is 8. The maximum atomic E-state index is 13.7. The first-order valence-electron chi connectivity index (χ1n) is 11.7. The summed E-state index contributed by atoms with van der Waals surface area (Å²) in [5.41, 5.74) is 2.69. The van der Waals surface area contributed by atoms with Crippen LogP contribution in [0.1, 0.15) is 46.5 Å². The molecule has 2 aromatic carbocycles. The molecule has 5 rings (SSSR count). The van der Waals surface area contributed by atoms with Crippen LogP contribution in [0, 0.1) is 0 Å². The van der Waals surface area contributed by atoms with E-state index in [4.69, 9.17) is 9.47 Å². The van der Waals surface area contributed by atoms with Crippen molar-refractivity contribution < 1.29 is 14.3 Å². The number of allylic oxidation sites excluding steroid dienone is 4. The summed E-state index contributed by atoms with van der Waals surface area (Å²) in [6, 6.07) is 15.8. The van der Waals surface area contributed by atoms with Crippen LogP contribution in [0.15, 0.2) is 66.4 Å². The molecule has 0 bridgehead atoms. The van der Waals surface area contributed by atoms with Crippen molar-refractivity contribution in [1.29, 1.82) is 0 Å². The zero-order valence-electron chi connectivity index (χ0n) is 19.0. The second-order valence-corrected chi connectivity index (χ2v) is 9.63. The molecular weight excluding hydrogens is 430 g/mol. The smallest absolute Gasteiger partial charge is 0.195 e. The normalized spacial score (nSPS) is 16.5. The summed E-state index contributed by atoms with van der Waals surface area (Å²) in [6.45, 7) is 3.98. The first-order chi connectivity index (χ1) is 16.2. The third-order valence-corrected chi connectivity index (χ3v) is 7.73. The Labute approximate surface area is 199 Å². The summed E-state index contributed by atoms with van der Waals surface area (Å²) in [6.07, 6.45) is 8.42. The molecule has 0 spiro atoms. The van der Waals surface area contributed by atoms with E-state index in [1.54, 1.807) is 18.4 Å². The minimum Gasteiger partial charge on any atom is -0.501 e. The number of methoxy groups -OCH3 is 1. The monoisotopic (exact) mass is 459 g/mol. The number of benzene rings is 2. The van der Waals surface area contributed by atoms with Gasteiger partial charge in [-0.15, -0.1) is 11.3 Å². The lowest BCUT2D eigenvalue weighted by molar-refractivity contribution is 0.104. The van der Waals surface area contributed by atoms with Crippen LogP contribution in [0.5, 0.6) is 5.75 Å². The molecule has 3 aromatic rings. The summed E-state index contributed by atoms with van der Waals surface area (Å²) >= 11 is 1.70. The molecule has 170 valence electrons. The van der Waals surface area contributed by atoms with Crippen molar-refractivity contribution in [2.45, 2.75) is 25.7 Å². The number of hydrogen-bond donors (Lipinski definition) is 0. The predicted octanol–water partition coefficient (Wildman–Crippen LogP) is 6.31. The van der Waals surface area contributed by atoms with Crippen molar-refractivity contribution in [3.63, 3.8) is 0 Å². The quantitative estimate of drug-likeness (QED) is 0.370. The van der Waals surface area contributed by atoms with Gasteiger partial charge < -0.3 is 9.47 Å². The molecular formula is C28H29NO3S. The van der Waals surface area contributed by atoms with Gasteiger partial charge in [0.2, 0.25) is 0 Å². The number of carbonyl (C=O) groups is 1. The predicted molar refractivity (Wildman–Crippen MR) is 135 cm³/mol. The lowest BCUT2D eigenvalue weighted by Gasteiger charge is -2.15. The first kappa shape index (κ1) is 21.9. The van der Waals surface area contributed by atoms with Gasteiger partial charge in [-0.3, -0.25) is 9.69 Å². The largest absolute Gasteiger partial charge is 0.501 e. The second kappa shape index (κ2) is 9.94. The number of nitrogens with zero attached hydrogens (tertiary/aromatic N) is 1. The van der Waals surface area contributed by atoms with E-state index in [2.05, 4.69) is 23.1 Å². The highest BCUT2D eigenvalue weighted by atomic mass is 32.1. The van der Waals surface area contributed by atoms with Crippen LogP contribution >= 0.6 is 11.3 Å². The highest BCUT2D eigenvalue weighted by Gasteiger charge is 2.23. The fraction of sp³-hybridized carbons (Fsp3) is 0.321. The van der Waals surface area contributed by atoms with Gasteiger partial charge in [-0.2, -0.15) is 0 Å².